The highest BCUT2D eigenvalue weighted by molar-refractivity contribution is 5.78. The van der Waals surface area contributed by atoms with Crippen LogP contribution >= 0.6 is 0 Å². The number of aromatic nitrogens is 3. The molecule has 1 aromatic carbocycles. The van der Waals surface area contributed by atoms with E-state index < -0.39 is 0 Å². The monoisotopic (exact) mass is 314 g/mol. The summed E-state index contributed by atoms with van der Waals surface area (Å²) in [4.78, 5) is 18.9. The maximum Gasteiger partial charge on any atom is 0.260 e. The van der Waals surface area contributed by atoms with E-state index in [1.54, 1.807) is 0 Å². The van der Waals surface area contributed by atoms with Gasteiger partial charge in [0.15, 0.2) is 6.61 Å². The van der Waals surface area contributed by atoms with Crippen molar-refractivity contribution >= 4 is 16.9 Å². The molecular formula is C17H22N4O2. The van der Waals surface area contributed by atoms with Crippen LogP contribution in [0.2, 0.25) is 0 Å². The minimum atomic E-state index is -0.0974. The first kappa shape index (κ1) is 14.5. The number of carbonyl (C=O) groups is 1. The molecule has 122 valence electrons. The number of rotatable bonds is 5. The van der Waals surface area contributed by atoms with E-state index in [1.807, 2.05) is 24.3 Å². The second-order valence-corrected chi connectivity index (χ2v) is 6.92. The minimum Gasteiger partial charge on any atom is -0.385 e. The number of hydrogen-bond acceptors (Lipinski definition) is 4. The van der Waals surface area contributed by atoms with Crippen molar-refractivity contribution in [3.63, 3.8) is 0 Å². The molecular weight excluding hydrogens is 292 g/mol. The zero-order valence-corrected chi connectivity index (χ0v) is 13.3. The number of benzene rings is 1. The third kappa shape index (κ3) is 2.78. The molecule has 2 aromatic rings. The Morgan fingerprint density at radius 1 is 1.39 bits per heavy atom. The maximum atomic E-state index is 12.2. The predicted octanol–water partition coefficient (Wildman–Crippen LogP) is 1.80. The van der Waals surface area contributed by atoms with Crippen LogP contribution in [-0.2, 0) is 4.79 Å². The van der Waals surface area contributed by atoms with Gasteiger partial charge in [-0.1, -0.05) is 23.4 Å². The van der Waals surface area contributed by atoms with Crippen molar-refractivity contribution < 1.29 is 9.63 Å². The molecule has 2 bridgehead atoms. The zero-order valence-electron chi connectivity index (χ0n) is 13.3. The molecule has 6 heteroatoms. The lowest BCUT2D eigenvalue weighted by Gasteiger charge is -2.28. The number of para-hydroxylation sites is 1. The topological polar surface area (TPSA) is 69.0 Å². The standard InChI is InChI=1S/C17H22N4O2/c1-11(14-9-12-6-7-13(14)8-12)18-17(22)10-23-21-16-5-3-2-4-15(16)19-20-21/h2-5,11-14H,6-10H2,1H3,(H,18,22)/t11-,12+,13+,14+/m0/s1. The Morgan fingerprint density at radius 2 is 2.26 bits per heavy atom. The molecule has 1 aromatic heterocycles. The first-order chi connectivity index (χ1) is 11.2. The fourth-order valence-corrected chi connectivity index (χ4v) is 4.37. The molecule has 1 amide bonds. The second kappa shape index (κ2) is 5.83. The normalized spacial score (nSPS) is 27.3. The van der Waals surface area contributed by atoms with Crippen molar-refractivity contribution in [3.05, 3.63) is 24.3 Å². The Kier molecular flexibility index (Phi) is 3.67. The lowest BCUT2D eigenvalue weighted by atomic mass is 9.84. The summed E-state index contributed by atoms with van der Waals surface area (Å²) in [7, 11) is 0. The van der Waals surface area contributed by atoms with Crippen LogP contribution in [0.5, 0.6) is 0 Å². The van der Waals surface area contributed by atoms with E-state index in [4.69, 9.17) is 4.84 Å². The van der Waals surface area contributed by atoms with Crippen molar-refractivity contribution in [2.75, 3.05) is 6.61 Å². The summed E-state index contributed by atoms with van der Waals surface area (Å²) >= 11 is 0. The molecule has 0 spiro atoms. The minimum absolute atomic E-state index is 0.0431. The second-order valence-electron chi connectivity index (χ2n) is 6.92. The summed E-state index contributed by atoms with van der Waals surface area (Å²) in [6.07, 6.45) is 5.33. The van der Waals surface area contributed by atoms with Gasteiger partial charge >= 0.3 is 0 Å². The number of nitrogens with zero attached hydrogens (tertiary/aromatic N) is 3. The predicted molar refractivity (Wildman–Crippen MR) is 85.5 cm³/mol. The first-order valence-electron chi connectivity index (χ1n) is 8.44. The van der Waals surface area contributed by atoms with Crippen LogP contribution < -0.4 is 10.2 Å². The Balaban J connectivity index is 1.32. The summed E-state index contributed by atoms with van der Waals surface area (Å²) in [5, 5.41) is 11.0. The van der Waals surface area contributed by atoms with Gasteiger partial charge in [-0.25, -0.2) is 0 Å². The van der Waals surface area contributed by atoms with E-state index >= 15 is 0 Å². The van der Waals surface area contributed by atoms with Gasteiger partial charge in [-0.05, 0) is 61.3 Å². The Morgan fingerprint density at radius 3 is 3.04 bits per heavy atom. The molecule has 0 unspecified atom stereocenters. The van der Waals surface area contributed by atoms with Crippen LogP contribution in [0.25, 0.3) is 11.0 Å². The molecule has 0 aliphatic heterocycles. The molecule has 2 aliphatic rings. The van der Waals surface area contributed by atoms with Gasteiger partial charge in [-0.2, -0.15) is 0 Å². The van der Waals surface area contributed by atoms with Crippen molar-refractivity contribution in [1.82, 2.24) is 20.5 Å². The van der Waals surface area contributed by atoms with E-state index in [1.165, 1.54) is 30.5 Å². The summed E-state index contributed by atoms with van der Waals surface area (Å²) in [5.74, 6) is 2.22. The summed E-state index contributed by atoms with van der Waals surface area (Å²) in [6, 6.07) is 7.73. The lowest BCUT2D eigenvalue weighted by Crippen LogP contribution is -2.43. The highest BCUT2D eigenvalue weighted by atomic mass is 16.7. The van der Waals surface area contributed by atoms with Crippen molar-refractivity contribution in [1.29, 1.82) is 0 Å². The van der Waals surface area contributed by atoms with E-state index in [2.05, 4.69) is 22.6 Å². The van der Waals surface area contributed by atoms with Gasteiger partial charge in [0.25, 0.3) is 5.91 Å². The number of fused-ring (bicyclic) bond motifs is 3. The van der Waals surface area contributed by atoms with Crippen molar-refractivity contribution in [2.24, 2.45) is 17.8 Å². The van der Waals surface area contributed by atoms with Gasteiger partial charge in [0.05, 0.1) is 0 Å². The van der Waals surface area contributed by atoms with E-state index in [-0.39, 0.29) is 18.6 Å². The molecule has 6 nitrogen and oxygen atoms in total. The van der Waals surface area contributed by atoms with Crippen LogP contribution in [0.4, 0.5) is 0 Å². The highest BCUT2D eigenvalue weighted by Gasteiger charge is 2.42. The summed E-state index contributed by atoms with van der Waals surface area (Å²) in [5.41, 5.74) is 1.52. The zero-order chi connectivity index (χ0) is 15.8. The molecule has 4 rings (SSSR count). The van der Waals surface area contributed by atoms with Crippen LogP contribution in [-0.4, -0.2) is 33.7 Å². The van der Waals surface area contributed by atoms with Gasteiger partial charge in [0, 0.05) is 6.04 Å². The first-order valence-corrected chi connectivity index (χ1v) is 8.44. The van der Waals surface area contributed by atoms with E-state index in [0.29, 0.717) is 5.92 Å². The quantitative estimate of drug-likeness (QED) is 0.914. The summed E-state index contributed by atoms with van der Waals surface area (Å²) < 4.78 is 0. The number of hydrogen-bond donors (Lipinski definition) is 1. The van der Waals surface area contributed by atoms with Crippen molar-refractivity contribution in [3.8, 4) is 0 Å². The van der Waals surface area contributed by atoms with Gasteiger partial charge < -0.3 is 10.2 Å². The van der Waals surface area contributed by atoms with Crippen LogP contribution in [0.3, 0.4) is 0 Å². The SMILES string of the molecule is C[C@H](NC(=O)COn1nnc2ccccc21)[C@H]1C[C@@H]2CC[C@@H]1C2. The van der Waals surface area contributed by atoms with Crippen molar-refractivity contribution in [2.45, 2.75) is 38.6 Å². The number of nitrogens with one attached hydrogen (secondary N) is 1. The van der Waals surface area contributed by atoms with Gasteiger partial charge in [-0.15, -0.1) is 5.10 Å². The van der Waals surface area contributed by atoms with E-state index in [0.717, 1.165) is 22.9 Å². The average molecular weight is 314 g/mol. The van der Waals surface area contributed by atoms with Gasteiger partial charge in [0.2, 0.25) is 0 Å². The Hall–Kier alpha value is -2.11. The smallest absolute Gasteiger partial charge is 0.260 e. The Labute approximate surface area is 135 Å². The molecule has 2 fully saturated rings. The fraction of sp³-hybridized carbons (Fsp3) is 0.588. The molecule has 2 saturated carbocycles. The van der Waals surface area contributed by atoms with Crippen LogP contribution in [0.1, 0.15) is 32.6 Å². The third-order valence-electron chi connectivity index (χ3n) is 5.46. The van der Waals surface area contributed by atoms with Crippen LogP contribution in [0.15, 0.2) is 24.3 Å². The number of carbonyl (C=O) groups excluding carboxylic acids is 1. The highest BCUT2D eigenvalue weighted by Crippen LogP contribution is 2.49. The fourth-order valence-electron chi connectivity index (χ4n) is 4.37. The maximum absolute atomic E-state index is 12.2. The molecule has 1 N–H and O–H groups in total. The molecule has 0 saturated heterocycles. The molecule has 4 atom stereocenters. The average Bonchev–Trinajstić information content (AvgIpc) is 3.28. The number of amides is 1. The Bertz CT molecular complexity index is 713. The summed E-state index contributed by atoms with van der Waals surface area (Å²) in [6.45, 7) is 2.08. The molecule has 2 aliphatic carbocycles. The lowest BCUT2D eigenvalue weighted by molar-refractivity contribution is -0.127. The van der Waals surface area contributed by atoms with E-state index in [9.17, 15) is 4.79 Å². The van der Waals surface area contributed by atoms with Gasteiger partial charge in [0.1, 0.15) is 11.0 Å². The van der Waals surface area contributed by atoms with Gasteiger partial charge in [-0.3, -0.25) is 4.79 Å². The van der Waals surface area contributed by atoms with Crippen LogP contribution in [0, 0.1) is 17.8 Å². The molecule has 1 heterocycles. The molecule has 0 radical (unpaired) electrons. The third-order valence-corrected chi connectivity index (χ3v) is 5.46. The largest absolute Gasteiger partial charge is 0.385 e. The molecule has 23 heavy (non-hydrogen) atoms.